The number of nitrogens with one attached hydrogen (secondary N) is 1. The van der Waals surface area contributed by atoms with Crippen molar-refractivity contribution in [1.29, 1.82) is 0 Å². The molecule has 180 valence electrons. The molecule has 0 saturated carbocycles. The first-order chi connectivity index (χ1) is 16.9. The lowest BCUT2D eigenvalue weighted by Gasteiger charge is -2.35. The molecule has 1 fully saturated rings. The van der Waals surface area contributed by atoms with E-state index in [0.29, 0.717) is 30.1 Å². The van der Waals surface area contributed by atoms with Gasteiger partial charge in [-0.1, -0.05) is 53.5 Å². The Balaban J connectivity index is 1.31. The highest BCUT2D eigenvalue weighted by molar-refractivity contribution is 6.37. The van der Waals surface area contributed by atoms with E-state index in [1.54, 1.807) is 6.08 Å². The summed E-state index contributed by atoms with van der Waals surface area (Å²) in [5, 5.41) is 3.40. The zero-order valence-corrected chi connectivity index (χ0v) is 20.7. The minimum atomic E-state index is -0.320. The molecular formula is C27H25Cl2N3O3. The van der Waals surface area contributed by atoms with Crippen LogP contribution >= 0.6 is 23.2 Å². The normalized spacial score (nSPS) is 13.7. The summed E-state index contributed by atoms with van der Waals surface area (Å²) in [6, 6.07) is 20.4. The van der Waals surface area contributed by atoms with Gasteiger partial charge >= 0.3 is 0 Å². The summed E-state index contributed by atoms with van der Waals surface area (Å²) < 4.78 is 5.12. The minimum absolute atomic E-state index is 0.0188. The van der Waals surface area contributed by atoms with Crippen LogP contribution in [0.3, 0.4) is 0 Å². The number of hydrogen-bond donors (Lipinski definition) is 1. The monoisotopic (exact) mass is 509 g/mol. The third-order valence-electron chi connectivity index (χ3n) is 5.76. The highest BCUT2D eigenvalue weighted by atomic mass is 35.5. The van der Waals surface area contributed by atoms with Crippen molar-refractivity contribution in [2.45, 2.75) is 0 Å². The van der Waals surface area contributed by atoms with Gasteiger partial charge in [-0.25, -0.2) is 0 Å². The van der Waals surface area contributed by atoms with Crippen LogP contribution in [0.4, 0.5) is 11.4 Å². The minimum Gasteiger partial charge on any atom is -0.494 e. The predicted molar refractivity (Wildman–Crippen MR) is 142 cm³/mol. The van der Waals surface area contributed by atoms with Crippen molar-refractivity contribution in [3.8, 4) is 5.75 Å². The Kier molecular flexibility index (Phi) is 7.95. The Morgan fingerprint density at radius 2 is 1.54 bits per heavy atom. The van der Waals surface area contributed by atoms with Gasteiger partial charge in [0.1, 0.15) is 0 Å². The van der Waals surface area contributed by atoms with Crippen LogP contribution in [0, 0.1) is 0 Å². The maximum atomic E-state index is 12.6. The molecule has 0 spiro atoms. The number of anilines is 2. The van der Waals surface area contributed by atoms with E-state index in [0.717, 1.165) is 24.3 Å². The number of halogens is 2. The molecule has 0 aromatic heterocycles. The molecule has 35 heavy (non-hydrogen) atoms. The van der Waals surface area contributed by atoms with Crippen molar-refractivity contribution in [2.24, 2.45) is 0 Å². The molecule has 0 aliphatic carbocycles. The Labute approximate surface area is 214 Å². The Morgan fingerprint density at radius 1 is 0.914 bits per heavy atom. The molecule has 0 radical (unpaired) electrons. The van der Waals surface area contributed by atoms with Crippen LogP contribution in [-0.2, 0) is 4.79 Å². The Morgan fingerprint density at radius 3 is 2.14 bits per heavy atom. The predicted octanol–water partition coefficient (Wildman–Crippen LogP) is 5.62. The van der Waals surface area contributed by atoms with Crippen LogP contribution < -0.4 is 15.0 Å². The van der Waals surface area contributed by atoms with Gasteiger partial charge in [-0.05, 0) is 48.0 Å². The maximum Gasteiger partial charge on any atom is 0.255 e. The average Bonchev–Trinajstić information content (AvgIpc) is 2.88. The van der Waals surface area contributed by atoms with E-state index in [9.17, 15) is 9.59 Å². The fourth-order valence-corrected chi connectivity index (χ4v) is 4.51. The molecule has 8 heteroatoms. The number of methoxy groups -OCH3 is 1. The lowest BCUT2D eigenvalue weighted by Crippen LogP contribution is -2.48. The highest BCUT2D eigenvalue weighted by Gasteiger charge is 2.20. The smallest absolute Gasteiger partial charge is 0.255 e. The van der Waals surface area contributed by atoms with Crippen LogP contribution in [0.5, 0.6) is 5.75 Å². The number of benzene rings is 3. The highest BCUT2D eigenvalue weighted by Crippen LogP contribution is 2.34. The number of nitrogens with zero attached hydrogens (tertiary/aromatic N) is 2. The molecule has 0 unspecified atom stereocenters. The summed E-state index contributed by atoms with van der Waals surface area (Å²) in [6.45, 7) is 2.77. The van der Waals surface area contributed by atoms with Gasteiger partial charge in [0.05, 0.1) is 17.2 Å². The van der Waals surface area contributed by atoms with Crippen molar-refractivity contribution < 1.29 is 14.3 Å². The molecule has 3 aromatic carbocycles. The van der Waals surface area contributed by atoms with E-state index in [1.165, 1.54) is 19.2 Å². The molecule has 1 heterocycles. The SMILES string of the molecule is COc1c(Cl)cc(C(=O)Nc2ccc(N3CCN(C(=O)/C=C/c4ccccc4)CC3)cc2)cc1Cl. The van der Waals surface area contributed by atoms with Crippen LogP contribution in [0.2, 0.25) is 10.0 Å². The molecule has 4 rings (SSSR count). The molecule has 2 amide bonds. The van der Waals surface area contributed by atoms with E-state index in [-0.39, 0.29) is 21.9 Å². The van der Waals surface area contributed by atoms with Gasteiger partial charge in [-0.3, -0.25) is 9.59 Å². The van der Waals surface area contributed by atoms with Crippen LogP contribution in [0.15, 0.2) is 72.8 Å². The number of piperazine rings is 1. The average molecular weight is 510 g/mol. The van der Waals surface area contributed by atoms with Gasteiger partial charge in [0, 0.05) is 49.2 Å². The van der Waals surface area contributed by atoms with Crippen LogP contribution in [-0.4, -0.2) is 50.0 Å². The summed E-state index contributed by atoms with van der Waals surface area (Å²) in [6.07, 6.45) is 3.47. The van der Waals surface area contributed by atoms with E-state index in [1.807, 2.05) is 65.6 Å². The van der Waals surface area contributed by atoms with Gasteiger partial charge < -0.3 is 19.9 Å². The number of ether oxygens (including phenoxy) is 1. The second-order valence-electron chi connectivity index (χ2n) is 8.03. The largest absolute Gasteiger partial charge is 0.494 e. The fraction of sp³-hybridized carbons (Fsp3) is 0.185. The third-order valence-corrected chi connectivity index (χ3v) is 6.33. The molecule has 1 N–H and O–H groups in total. The summed E-state index contributed by atoms with van der Waals surface area (Å²) >= 11 is 12.3. The number of carbonyl (C=O) groups excluding carboxylic acids is 2. The summed E-state index contributed by atoms with van der Waals surface area (Å²) in [5.74, 6) is 0.0356. The van der Waals surface area contributed by atoms with Gasteiger partial charge in [0.2, 0.25) is 5.91 Å². The van der Waals surface area contributed by atoms with Gasteiger partial charge in [0.15, 0.2) is 5.75 Å². The quantitative estimate of drug-likeness (QED) is 0.438. The van der Waals surface area contributed by atoms with Crippen LogP contribution in [0.1, 0.15) is 15.9 Å². The van der Waals surface area contributed by atoms with Crippen molar-refractivity contribution in [3.05, 3.63) is 94.0 Å². The van der Waals surface area contributed by atoms with Gasteiger partial charge in [0.25, 0.3) is 5.91 Å². The number of amides is 2. The van der Waals surface area contributed by atoms with Crippen molar-refractivity contribution in [3.63, 3.8) is 0 Å². The number of hydrogen-bond acceptors (Lipinski definition) is 4. The third kappa shape index (κ3) is 6.15. The van der Waals surface area contributed by atoms with E-state index >= 15 is 0 Å². The lowest BCUT2D eigenvalue weighted by molar-refractivity contribution is -0.126. The first kappa shape index (κ1) is 24.6. The second kappa shape index (κ2) is 11.3. The molecule has 1 saturated heterocycles. The topological polar surface area (TPSA) is 61.9 Å². The zero-order valence-electron chi connectivity index (χ0n) is 19.2. The number of rotatable bonds is 6. The fourth-order valence-electron chi connectivity index (χ4n) is 3.87. The van der Waals surface area contributed by atoms with Crippen molar-refractivity contribution in [1.82, 2.24) is 4.90 Å². The van der Waals surface area contributed by atoms with Crippen LogP contribution in [0.25, 0.3) is 6.08 Å². The first-order valence-corrected chi connectivity index (χ1v) is 11.9. The maximum absolute atomic E-state index is 12.6. The molecule has 3 aromatic rings. The molecule has 6 nitrogen and oxygen atoms in total. The second-order valence-corrected chi connectivity index (χ2v) is 8.84. The van der Waals surface area contributed by atoms with E-state index < -0.39 is 0 Å². The van der Waals surface area contributed by atoms with Gasteiger partial charge in [-0.2, -0.15) is 0 Å². The molecule has 0 bridgehead atoms. The van der Waals surface area contributed by atoms with Crippen molar-refractivity contribution >= 4 is 52.5 Å². The molecular weight excluding hydrogens is 485 g/mol. The lowest BCUT2D eigenvalue weighted by atomic mass is 10.2. The Bertz CT molecular complexity index is 1200. The molecule has 1 aliphatic heterocycles. The van der Waals surface area contributed by atoms with E-state index in [2.05, 4.69) is 10.2 Å². The first-order valence-electron chi connectivity index (χ1n) is 11.2. The number of carbonyl (C=O) groups is 2. The van der Waals surface area contributed by atoms with Gasteiger partial charge in [-0.15, -0.1) is 0 Å². The summed E-state index contributed by atoms with van der Waals surface area (Å²) in [7, 11) is 1.47. The molecule has 0 atom stereocenters. The zero-order chi connectivity index (χ0) is 24.8. The summed E-state index contributed by atoms with van der Waals surface area (Å²) in [5.41, 5.74) is 3.03. The van der Waals surface area contributed by atoms with Crippen molar-refractivity contribution in [2.75, 3.05) is 43.5 Å². The molecule has 1 aliphatic rings. The van der Waals surface area contributed by atoms with E-state index in [4.69, 9.17) is 27.9 Å². The standard InChI is InChI=1S/C27H25Cl2N3O3/c1-35-26-23(28)17-20(18-24(26)29)27(34)30-21-8-10-22(11-9-21)31-13-15-32(16-14-31)25(33)12-7-19-5-3-2-4-6-19/h2-12,17-18H,13-16H2,1H3,(H,30,34)/b12-7+. The summed E-state index contributed by atoms with van der Waals surface area (Å²) in [4.78, 5) is 29.2. The Hall–Kier alpha value is -3.48.